The highest BCUT2D eigenvalue weighted by Crippen LogP contribution is 2.36. The molecule has 5 heteroatoms. The van der Waals surface area contributed by atoms with Crippen molar-refractivity contribution in [3.63, 3.8) is 0 Å². The summed E-state index contributed by atoms with van der Waals surface area (Å²) >= 11 is 0. The van der Waals surface area contributed by atoms with E-state index in [4.69, 9.17) is 9.26 Å². The minimum absolute atomic E-state index is 0.116. The lowest BCUT2D eigenvalue weighted by Gasteiger charge is -2.09. The van der Waals surface area contributed by atoms with E-state index in [1.54, 1.807) is 0 Å². The van der Waals surface area contributed by atoms with Crippen LogP contribution in [0.5, 0.6) is 5.75 Å². The van der Waals surface area contributed by atoms with Crippen LogP contribution in [-0.2, 0) is 6.42 Å². The number of nitrogens with zero attached hydrogens (tertiary/aromatic N) is 2. The van der Waals surface area contributed by atoms with Crippen LogP contribution < -0.4 is 10.1 Å². The molecule has 4 rings (SSSR count). The van der Waals surface area contributed by atoms with Crippen LogP contribution in [-0.4, -0.2) is 22.7 Å². The zero-order chi connectivity index (χ0) is 13.5. The van der Waals surface area contributed by atoms with Crippen LogP contribution in [0.1, 0.15) is 42.6 Å². The first-order chi connectivity index (χ1) is 9.81. The van der Waals surface area contributed by atoms with Gasteiger partial charge in [-0.05, 0) is 31.5 Å². The van der Waals surface area contributed by atoms with Gasteiger partial charge in [-0.2, -0.15) is 4.98 Å². The van der Waals surface area contributed by atoms with Crippen molar-refractivity contribution in [2.75, 3.05) is 6.54 Å². The lowest BCUT2D eigenvalue weighted by Crippen LogP contribution is -2.21. The summed E-state index contributed by atoms with van der Waals surface area (Å²) in [7, 11) is 0. The van der Waals surface area contributed by atoms with E-state index < -0.39 is 0 Å². The number of hydrogen-bond acceptors (Lipinski definition) is 5. The van der Waals surface area contributed by atoms with Crippen molar-refractivity contribution in [1.82, 2.24) is 15.5 Å². The Morgan fingerprint density at radius 1 is 1.30 bits per heavy atom. The Labute approximate surface area is 117 Å². The van der Waals surface area contributed by atoms with Crippen LogP contribution in [0.3, 0.4) is 0 Å². The largest absolute Gasteiger partial charge is 0.482 e. The maximum Gasteiger partial charge on any atom is 0.231 e. The molecule has 0 saturated carbocycles. The molecule has 1 aromatic carbocycles. The molecule has 3 unspecified atom stereocenters. The van der Waals surface area contributed by atoms with Gasteiger partial charge in [0.2, 0.25) is 11.7 Å². The Morgan fingerprint density at radius 2 is 2.20 bits per heavy atom. The molecule has 0 aliphatic carbocycles. The SMILES string of the molecule is CC1NCCC1c1nc(C2Cc3ccccc3O2)no1. The third kappa shape index (κ3) is 1.89. The highest BCUT2D eigenvalue weighted by molar-refractivity contribution is 5.37. The molecule has 3 heterocycles. The molecular formula is C15H17N3O2. The Hall–Kier alpha value is -1.88. The number of hydrogen-bond donors (Lipinski definition) is 1. The third-order valence-electron chi connectivity index (χ3n) is 4.23. The summed E-state index contributed by atoms with van der Waals surface area (Å²) in [6, 6.07) is 8.47. The van der Waals surface area contributed by atoms with E-state index in [0.29, 0.717) is 17.8 Å². The average molecular weight is 271 g/mol. The predicted octanol–water partition coefficient (Wildman–Crippen LogP) is 2.21. The van der Waals surface area contributed by atoms with E-state index in [2.05, 4.69) is 28.4 Å². The molecule has 2 aliphatic rings. The number of rotatable bonds is 2. The topological polar surface area (TPSA) is 60.2 Å². The lowest BCUT2D eigenvalue weighted by atomic mass is 10.0. The van der Waals surface area contributed by atoms with Crippen LogP contribution in [0.15, 0.2) is 28.8 Å². The molecule has 0 amide bonds. The number of nitrogens with one attached hydrogen (secondary N) is 1. The maximum atomic E-state index is 5.90. The van der Waals surface area contributed by atoms with Gasteiger partial charge in [0.15, 0.2) is 6.10 Å². The normalized spacial score (nSPS) is 28.4. The second-order valence-electron chi connectivity index (χ2n) is 5.55. The molecule has 1 saturated heterocycles. The predicted molar refractivity (Wildman–Crippen MR) is 72.6 cm³/mol. The Morgan fingerprint density at radius 3 is 3.00 bits per heavy atom. The van der Waals surface area contributed by atoms with E-state index in [9.17, 15) is 0 Å². The van der Waals surface area contributed by atoms with E-state index in [-0.39, 0.29) is 6.10 Å². The summed E-state index contributed by atoms with van der Waals surface area (Å²) in [6.07, 6.45) is 1.75. The fraction of sp³-hybridized carbons (Fsp3) is 0.467. The van der Waals surface area contributed by atoms with E-state index >= 15 is 0 Å². The van der Waals surface area contributed by atoms with E-state index in [0.717, 1.165) is 31.0 Å². The smallest absolute Gasteiger partial charge is 0.231 e. The molecule has 3 atom stereocenters. The van der Waals surface area contributed by atoms with Crippen LogP contribution in [0, 0.1) is 0 Å². The van der Waals surface area contributed by atoms with Crippen LogP contribution in [0.25, 0.3) is 0 Å². The summed E-state index contributed by atoms with van der Waals surface area (Å²) in [4.78, 5) is 4.56. The zero-order valence-corrected chi connectivity index (χ0v) is 11.4. The summed E-state index contributed by atoms with van der Waals surface area (Å²) in [5.74, 6) is 2.65. The number of ether oxygens (including phenoxy) is 1. The van der Waals surface area contributed by atoms with Crippen LogP contribution in [0.2, 0.25) is 0 Å². The van der Waals surface area contributed by atoms with Crippen molar-refractivity contribution >= 4 is 0 Å². The third-order valence-corrected chi connectivity index (χ3v) is 4.23. The van der Waals surface area contributed by atoms with Gasteiger partial charge in [-0.3, -0.25) is 0 Å². The van der Waals surface area contributed by atoms with Crippen molar-refractivity contribution in [3.05, 3.63) is 41.5 Å². The number of fused-ring (bicyclic) bond motifs is 1. The van der Waals surface area contributed by atoms with Gasteiger partial charge >= 0.3 is 0 Å². The molecule has 0 radical (unpaired) electrons. The van der Waals surface area contributed by atoms with Gasteiger partial charge in [0.1, 0.15) is 5.75 Å². The second kappa shape index (κ2) is 4.59. The van der Waals surface area contributed by atoms with Crippen molar-refractivity contribution in [3.8, 4) is 5.75 Å². The van der Waals surface area contributed by atoms with Gasteiger partial charge in [0.25, 0.3) is 0 Å². The molecule has 104 valence electrons. The minimum Gasteiger partial charge on any atom is -0.482 e. The van der Waals surface area contributed by atoms with Crippen molar-refractivity contribution in [2.24, 2.45) is 0 Å². The Bertz CT molecular complexity index is 600. The highest BCUT2D eigenvalue weighted by atomic mass is 16.5. The van der Waals surface area contributed by atoms with Gasteiger partial charge in [0, 0.05) is 12.5 Å². The fourth-order valence-electron chi connectivity index (χ4n) is 3.05. The first-order valence-electron chi connectivity index (χ1n) is 7.13. The molecule has 20 heavy (non-hydrogen) atoms. The van der Waals surface area contributed by atoms with E-state index in [1.807, 2.05) is 18.2 Å². The quantitative estimate of drug-likeness (QED) is 0.907. The monoisotopic (exact) mass is 271 g/mol. The first-order valence-corrected chi connectivity index (χ1v) is 7.13. The lowest BCUT2D eigenvalue weighted by molar-refractivity contribution is 0.220. The molecule has 1 fully saturated rings. The van der Waals surface area contributed by atoms with Crippen molar-refractivity contribution in [2.45, 2.75) is 37.8 Å². The molecule has 5 nitrogen and oxygen atoms in total. The summed E-state index contributed by atoms with van der Waals surface area (Å²) in [5.41, 5.74) is 1.21. The van der Waals surface area contributed by atoms with Crippen molar-refractivity contribution in [1.29, 1.82) is 0 Å². The Balaban J connectivity index is 1.55. The second-order valence-corrected chi connectivity index (χ2v) is 5.55. The van der Waals surface area contributed by atoms with E-state index in [1.165, 1.54) is 5.56 Å². The van der Waals surface area contributed by atoms with Crippen molar-refractivity contribution < 1.29 is 9.26 Å². The first kappa shape index (κ1) is 11.9. The molecule has 2 aromatic rings. The zero-order valence-electron chi connectivity index (χ0n) is 11.4. The van der Waals surface area contributed by atoms with Crippen LogP contribution in [0.4, 0.5) is 0 Å². The van der Waals surface area contributed by atoms with Gasteiger partial charge in [-0.15, -0.1) is 0 Å². The van der Waals surface area contributed by atoms with Gasteiger partial charge in [-0.25, -0.2) is 0 Å². The molecule has 1 N–H and O–H groups in total. The molecular weight excluding hydrogens is 254 g/mol. The summed E-state index contributed by atoms with van der Waals surface area (Å²) < 4.78 is 11.3. The molecule has 1 aromatic heterocycles. The fourth-order valence-corrected chi connectivity index (χ4v) is 3.05. The molecule has 0 bridgehead atoms. The van der Waals surface area contributed by atoms with Crippen LogP contribution >= 0.6 is 0 Å². The van der Waals surface area contributed by atoms with Gasteiger partial charge in [0.05, 0.1) is 5.92 Å². The number of para-hydroxylation sites is 1. The Kier molecular flexibility index (Phi) is 2.73. The highest BCUT2D eigenvalue weighted by Gasteiger charge is 2.33. The number of benzene rings is 1. The summed E-state index contributed by atoms with van der Waals surface area (Å²) in [5, 5.41) is 7.52. The number of aromatic nitrogens is 2. The standard InChI is InChI=1S/C15H17N3O2/c1-9-11(6-7-16-9)15-17-14(18-20-15)13-8-10-4-2-3-5-12(10)19-13/h2-5,9,11,13,16H,6-8H2,1H3. The van der Waals surface area contributed by atoms with Gasteiger partial charge < -0.3 is 14.6 Å². The molecule has 2 aliphatic heterocycles. The maximum absolute atomic E-state index is 5.90. The average Bonchev–Trinajstić information content (AvgIpc) is 3.15. The summed E-state index contributed by atoms with van der Waals surface area (Å²) in [6.45, 7) is 3.17. The minimum atomic E-state index is -0.116. The van der Waals surface area contributed by atoms with Gasteiger partial charge in [-0.1, -0.05) is 23.4 Å². The molecule has 0 spiro atoms.